The molecule has 2 heterocycles. The number of fused-ring (bicyclic) bond motifs is 1. The van der Waals surface area contributed by atoms with Crippen molar-refractivity contribution in [2.45, 2.75) is 44.8 Å². The Bertz CT molecular complexity index is 822. The molecule has 0 radical (unpaired) electrons. The van der Waals surface area contributed by atoms with Crippen LogP contribution in [-0.4, -0.2) is 49.0 Å². The van der Waals surface area contributed by atoms with Gasteiger partial charge in [0.1, 0.15) is 31.7 Å². The van der Waals surface area contributed by atoms with Gasteiger partial charge in [-0.2, -0.15) is 0 Å². The minimum atomic E-state index is -0.534. The highest BCUT2D eigenvalue weighted by atomic mass is 16.6. The van der Waals surface area contributed by atoms with Crippen molar-refractivity contribution in [3.8, 4) is 17.2 Å². The van der Waals surface area contributed by atoms with Crippen molar-refractivity contribution in [3.63, 3.8) is 0 Å². The van der Waals surface area contributed by atoms with Crippen molar-refractivity contribution in [1.82, 2.24) is 4.90 Å². The Labute approximate surface area is 173 Å². The lowest BCUT2D eigenvalue weighted by molar-refractivity contribution is 0.0633. The van der Waals surface area contributed by atoms with Gasteiger partial charge in [-0.15, -0.1) is 0 Å². The SMILES string of the molecule is CC(C)c1ccccc1OC[C@@H](O)CN1CCC[C@@H]1c1ccc2c(c1)OCCO2. The number of likely N-dealkylation sites (tertiary alicyclic amines) is 1. The van der Waals surface area contributed by atoms with Crippen molar-refractivity contribution < 1.29 is 19.3 Å². The van der Waals surface area contributed by atoms with E-state index in [0.717, 1.165) is 36.6 Å². The van der Waals surface area contributed by atoms with Crippen LogP contribution in [0.15, 0.2) is 42.5 Å². The van der Waals surface area contributed by atoms with Crippen molar-refractivity contribution in [2.24, 2.45) is 0 Å². The number of benzene rings is 2. The van der Waals surface area contributed by atoms with E-state index in [9.17, 15) is 5.11 Å². The topological polar surface area (TPSA) is 51.2 Å². The molecule has 2 atom stereocenters. The number of hydrogen-bond acceptors (Lipinski definition) is 5. The highest BCUT2D eigenvalue weighted by Gasteiger charge is 2.29. The van der Waals surface area contributed by atoms with Gasteiger partial charge in [0.2, 0.25) is 0 Å². The van der Waals surface area contributed by atoms with E-state index in [-0.39, 0.29) is 0 Å². The van der Waals surface area contributed by atoms with Crippen LogP contribution in [0.5, 0.6) is 17.2 Å². The quantitative estimate of drug-likeness (QED) is 0.760. The number of hydrogen-bond donors (Lipinski definition) is 1. The lowest BCUT2D eigenvalue weighted by atomic mass is 10.0. The highest BCUT2D eigenvalue weighted by Crippen LogP contribution is 2.38. The molecule has 1 N–H and O–H groups in total. The molecule has 1 saturated heterocycles. The Morgan fingerprint density at radius 1 is 1.10 bits per heavy atom. The molecule has 156 valence electrons. The minimum Gasteiger partial charge on any atom is -0.491 e. The zero-order valence-electron chi connectivity index (χ0n) is 17.3. The second-order valence-electron chi connectivity index (χ2n) is 8.21. The fourth-order valence-electron chi connectivity index (χ4n) is 4.29. The molecular weight excluding hydrogens is 366 g/mol. The van der Waals surface area contributed by atoms with Crippen molar-refractivity contribution in [1.29, 1.82) is 0 Å². The molecule has 2 aliphatic heterocycles. The molecule has 0 bridgehead atoms. The second kappa shape index (κ2) is 9.06. The number of aliphatic hydroxyl groups excluding tert-OH is 1. The summed E-state index contributed by atoms with van der Waals surface area (Å²) in [5.41, 5.74) is 2.40. The van der Waals surface area contributed by atoms with E-state index in [2.05, 4.69) is 36.9 Å². The van der Waals surface area contributed by atoms with Crippen LogP contribution in [0.2, 0.25) is 0 Å². The van der Waals surface area contributed by atoms with E-state index in [4.69, 9.17) is 14.2 Å². The van der Waals surface area contributed by atoms with E-state index in [1.807, 2.05) is 24.3 Å². The maximum absolute atomic E-state index is 10.6. The van der Waals surface area contributed by atoms with Gasteiger partial charge in [0, 0.05) is 12.6 Å². The molecule has 0 saturated carbocycles. The van der Waals surface area contributed by atoms with Crippen LogP contribution < -0.4 is 14.2 Å². The van der Waals surface area contributed by atoms with Gasteiger partial charge in [-0.3, -0.25) is 4.90 Å². The van der Waals surface area contributed by atoms with Crippen molar-refractivity contribution in [3.05, 3.63) is 53.6 Å². The first-order valence-electron chi connectivity index (χ1n) is 10.6. The lowest BCUT2D eigenvalue weighted by Crippen LogP contribution is -2.35. The summed E-state index contributed by atoms with van der Waals surface area (Å²) < 4.78 is 17.4. The summed E-state index contributed by atoms with van der Waals surface area (Å²) >= 11 is 0. The average Bonchev–Trinajstić information content (AvgIpc) is 3.20. The number of nitrogens with zero attached hydrogens (tertiary/aromatic N) is 1. The fraction of sp³-hybridized carbons (Fsp3) is 0.500. The van der Waals surface area contributed by atoms with E-state index < -0.39 is 6.10 Å². The van der Waals surface area contributed by atoms with Gasteiger partial charge in [0.25, 0.3) is 0 Å². The Balaban J connectivity index is 1.37. The predicted octanol–water partition coefficient (Wildman–Crippen LogP) is 4.16. The average molecular weight is 398 g/mol. The number of para-hydroxylation sites is 1. The number of β-amino-alcohol motifs (C(OH)–C–C–N with tert-alkyl or cyclic N) is 1. The number of aliphatic hydroxyl groups is 1. The second-order valence-corrected chi connectivity index (χ2v) is 8.21. The van der Waals surface area contributed by atoms with E-state index >= 15 is 0 Å². The van der Waals surface area contributed by atoms with Gasteiger partial charge >= 0.3 is 0 Å². The molecule has 29 heavy (non-hydrogen) atoms. The summed E-state index contributed by atoms with van der Waals surface area (Å²) in [5.74, 6) is 2.91. The molecule has 0 aliphatic carbocycles. The molecule has 5 heteroatoms. The van der Waals surface area contributed by atoms with Crippen LogP contribution in [0.3, 0.4) is 0 Å². The first kappa shape index (κ1) is 20.0. The van der Waals surface area contributed by atoms with Gasteiger partial charge in [0.05, 0.1) is 0 Å². The molecule has 0 amide bonds. The van der Waals surface area contributed by atoms with Crippen LogP contribution in [0.25, 0.3) is 0 Å². The summed E-state index contributed by atoms with van der Waals surface area (Å²) in [4.78, 5) is 2.35. The monoisotopic (exact) mass is 397 g/mol. The molecule has 1 fully saturated rings. The molecule has 0 spiro atoms. The third kappa shape index (κ3) is 4.68. The number of ether oxygens (including phenoxy) is 3. The summed E-state index contributed by atoms with van der Waals surface area (Å²) in [6, 6.07) is 14.6. The Morgan fingerprint density at radius 3 is 2.72 bits per heavy atom. The van der Waals surface area contributed by atoms with Crippen LogP contribution in [0.4, 0.5) is 0 Å². The summed E-state index contributed by atoms with van der Waals surface area (Å²) in [6.45, 7) is 7.39. The largest absolute Gasteiger partial charge is 0.491 e. The Kier molecular flexibility index (Phi) is 6.26. The number of rotatable bonds is 7. The maximum atomic E-state index is 10.6. The van der Waals surface area contributed by atoms with E-state index in [1.165, 1.54) is 11.1 Å². The maximum Gasteiger partial charge on any atom is 0.161 e. The fourth-order valence-corrected chi connectivity index (χ4v) is 4.29. The molecule has 5 nitrogen and oxygen atoms in total. The van der Waals surface area contributed by atoms with Gasteiger partial charge in [-0.25, -0.2) is 0 Å². The predicted molar refractivity (Wildman–Crippen MR) is 113 cm³/mol. The first-order valence-corrected chi connectivity index (χ1v) is 10.6. The normalized spacial score (nSPS) is 20.1. The molecule has 2 aromatic carbocycles. The minimum absolute atomic E-state index is 0.295. The summed E-state index contributed by atoms with van der Waals surface area (Å²) in [6.07, 6.45) is 1.68. The summed E-state index contributed by atoms with van der Waals surface area (Å²) in [5, 5.41) is 10.6. The molecule has 0 unspecified atom stereocenters. The molecule has 2 aliphatic rings. The zero-order chi connectivity index (χ0) is 20.2. The highest BCUT2D eigenvalue weighted by molar-refractivity contribution is 5.45. The van der Waals surface area contributed by atoms with Crippen LogP contribution >= 0.6 is 0 Å². The molecule has 4 rings (SSSR count). The first-order chi connectivity index (χ1) is 14.1. The van der Waals surface area contributed by atoms with E-state index in [1.54, 1.807) is 0 Å². The van der Waals surface area contributed by atoms with E-state index in [0.29, 0.717) is 38.3 Å². The third-order valence-corrected chi connectivity index (χ3v) is 5.73. The van der Waals surface area contributed by atoms with Crippen molar-refractivity contribution in [2.75, 3.05) is 32.9 Å². The summed E-state index contributed by atoms with van der Waals surface area (Å²) in [7, 11) is 0. The van der Waals surface area contributed by atoms with Crippen LogP contribution in [0, 0.1) is 0 Å². The third-order valence-electron chi connectivity index (χ3n) is 5.73. The molecular formula is C24H31NO4. The Morgan fingerprint density at radius 2 is 1.90 bits per heavy atom. The van der Waals surface area contributed by atoms with Gasteiger partial charge in [0.15, 0.2) is 11.5 Å². The Hall–Kier alpha value is -2.24. The lowest BCUT2D eigenvalue weighted by Gasteiger charge is -2.28. The molecule has 2 aromatic rings. The van der Waals surface area contributed by atoms with Crippen LogP contribution in [0.1, 0.15) is 49.8 Å². The molecule has 0 aromatic heterocycles. The standard InChI is InChI=1S/C24H31NO4/c1-17(2)20-6-3-4-8-22(20)29-16-19(26)15-25-11-5-7-21(25)18-9-10-23-24(14-18)28-13-12-27-23/h3-4,6,8-10,14,17,19,21,26H,5,7,11-13,15-16H2,1-2H3/t19-,21+/m0/s1. The van der Waals surface area contributed by atoms with Crippen LogP contribution in [-0.2, 0) is 0 Å². The van der Waals surface area contributed by atoms with Crippen molar-refractivity contribution >= 4 is 0 Å². The van der Waals surface area contributed by atoms with Gasteiger partial charge in [-0.1, -0.05) is 38.1 Å². The zero-order valence-corrected chi connectivity index (χ0v) is 17.3. The smallest absolute Gasteiger partial charge is 0.161 e. The van der Waals surface area contributed by atoms with Gasteiger partial charge in [-0.05, 0) is 54.6 Å². The van der Waals surface area contributed by atoms with Gasteiger partial charge < -0.3 is 19.3 Å².